The Kier molecular flexibility index (Phi) is 7.25. The van der Waals surface area contributed by atoms with Crippen LogP contribution >= 0.6 is 0 Å². The van der Waals surface area contributed by atoms with Gasteiger partial charge in [-0.2, -0.15) is 4.31 Å². The summed E-state index contributed by atoms with van der Waals surface area (Å²) in [7, 11) is -4.07. The molecule has 0 saturated carbocycles. The van der Waals surface area contributed by atoms with Crippen LogP contribution in [0.3, 0.4) is 0 Å². The first-order chi connectivity index (χ1) is 17.5. The minimum absolute atomic E-state index is 0.0150. The van der Waals surface area contributed by atoms with E-state index in [1.807, 2.05) is 37.3 Å². The Hall–Kier alpha value is -3.50. The second-order valence-corrected chi connectivity index (χ2v) is 11.5. The molecule has 0 aliphatic carbocycles. The number of carbonyl (C=O) groups is 2. The van der Waals surface area contributed by atoms with Crippen LogP contribution in [0.4, 0.5) is 0 Å². The summed E-state index contributed by atoms with van der Waals surface area (Å²) in [4.78, 5) is 30.8. The fourth-order valence-electron chi connectivity index (χ4n) is 4.76. The van der Waals surface area contributed by atoms with E-state index >= 15 is 0 Å². The fourth-order valence-corrected chi connectivity index (χ4v) is 6.50. The monoisotopic (exact) mass is 524 g/mol. The Bertz CT molecular complexity index is 1430. The van der Waals surface area contributed by atoms with E-state index in [0.717, 1.165) is 26.5 Å². The number of aromatic nitrogens is 1. The third-order valence-corrected chi connectivity index (χ3v) is 8.73. The third kappa shape index (κ3) is 4.91. The van der Waals surface area contributed by atoms with Gasteiger partial charge in [0.25, 0.3) is 0 Å². The van der Waals surface area contributed by atoms with Gasteiger partial charge in [0, 0.05) is 29.1 Å². The van der Waals surface area contributed by atoms with Crippen LogP contribution in [-0.2, 0) is 26.2 Å². The summed E-state index contributed by atoms with van der Waals surface area (Å²) in [6.07, 6.45) is 0. The van der Waals surface area contributed by atoms with Crippen LogP contribution in [0.25, 0.3) is 10.9 Å². The molecule has 0 unspecified atom stereocenters. The van der Waals surface area contributed by atoms with Crippen molar-refractivity contribution in [2.75, 3.05) is 19.6 Å². The number of amides is 2. The molecule has 2 amide bonds. The quantitative estimate of drug-likeness (QED) is 0.459. The number of hydrogen-bond acceptors (Lipinski definition) is 6. The van der Waals surface area contributed by atoms with Gasteiger partial charge in [0.2, 0.25) is 21.8 Å². The molecule has 1 aliphatic heterocycles. The predicted octanol–water partition coefficient (Wildman–Crippen LogP) is 2.86. The second kappa shape index (κ2) is 10.1. The number of aryl methyl sites for hydroxylation is 1. The largest absolute Gasteiger partial charge is 0.489 e. The van der Waals surface area contributed by atoms with Crippen molar-refractivity contribution in [1.29, 1.82) is 0 Å². The summed E-state index contributed by atoms with van der Waals surface area (Å²) < 4.78 is 34.2. The smallest absolute Gasteiger partial charge is 0.244 e. The number of pyridine rings is 1. The van der Waals surface area contributed by atoms with Crippen LogP contribution in [0.1, 0.15) is 32.0 Å². The van der Waals surface area contributed by atoms with Crippen molar-refractivity contribution >= 4 is 32.7 Å². The number of para-hydroxylation sites is 1. The van der Waals surface area contributed by atoms with Gasteiger partial charge in [-0.3, -0.25) is 14.6 Å². The number of nitrogens with zero attached hydrogens (tertiary/aromatic N) is 3. The number of carbonyl (C=O) groups excluding carboxylic acids is 2. The standard InChI is InChI=1S/C27H32N4O5S/c1-5-31(27(26(28)33)16-30(17-27)25(32)18(2)3)37(34,35)22-12-10-21(11-13-22)36-15-20-14-19(4)29-24-9-7-6-8-23(20)24/h6-14,18H,5,15-17H2,1-4H3,(H2,28,33). The van der Waals surface area contributed by atoms with Gasteiger partial charge in [0.05, 0.1) is 23.5 Å². The minimum Gasteiger partial charge on any atom is -0.489 e. The minimum atomic E-state index is -4.07. The van der Waals surface area contributed by atoms with Gasteiger partial charge in [0.1, 0.15) is 17.9 Å². The van der Waals surface area contributed by atoms with E-state index in [-0.39, 0.29) is 36.4 Å². The van der Waals surface area contributed by atoms with E-state index in [9.17, 15) is 18.0 Å². The molecule has 9 nitrogen and oxygen atoms in total. The fraction of sp³-hybridized carbons (Fsp3) is 0.370. The average Bonchev–Trinajstić information content (AvgIpc) is 2.83. The van der Waals surface area contributed by atoms with Crippen LogP contribution in [0.15, 0.2) is 59.5 Å². The predicted molar refractivity (Wildman–Crippen MR) is 140 cm³/mol. The number of fused-ring (bicyclic) bond motifs is 1. The van der Waals surface area contributed by atoms with Crippen molar-refractivity contribution in [1.82, 2.24) is 14.2 Å². The highest BCUT2D eigenvalue weighted by Crippen LogP contribution is 2.34. The molecule has 1 aliphatic rings. The van der Waals surface area contributed by atoms with Crippen molar-refractivity contribution in [2.45, 2.75) is 44.7 Å². The Morgan fingerprint density at radius 3 is 2.38 bits per heavy atom. The molecule has 2 N–H and O–H groups in total. The first-order valence-corrected chi connectivity index (χ1v) is 13.6. The van der Waals surface area contributed by atoms with Crippen molar-refractivity contribution < 1.29 is 22.7 Å². The third-order valence-electron chi connectivity index (χ3n) is 6.67. The summed E-state index contributed by atoms with van der Waals surface area (Å²) in [6.45, 7) is 7.27. The summed E-state index contributed by atoms with van der Waals surface area (Å²) in [5.74, 6) is -0.684. The molecule has 37 heavy (non-hydrogen) atoms. The number of primary amides is 1. The number of sulfonamides is 1. The highest BCUT2D eigenvalue weighted by atomic mass is 32.2. The van der Waals surface area contributed by atoms with Crippen molar-refractivity contribution in [3.05, 3.63) is 65.9 Å². The van der Waals surface area contributed by atoms with Crippen LogP contribution in [0, 0.1) is 12.8 Å². The van der Waals surface area contributed by atoms with Crippen LogP contribution in [0.2, 0.25) is 0 Å². The molecular formula is C27H32N4O5S. The molecular weight excluding hydrogens is 492 g/mol. The summed E-state index contributed by atoms with van der Waals surface area (Å²) in [5.41, 5.74) is 6.95. The zero-order valence-corrected chi connectivity index (χ0v) is 22.3. The summed E-state index contributed by atoms with van der Waals surface area (Å²) in [5, 5.41) is 0.994. The van der Waals surface area contributed by atoms with Crippen LogP contribution in [-0.4, -0.2) is 59.6 Å². The van der Waals surface area contributed by atoms with Crippen LogP contribution in [0.5, 0.6) is 5.75 Å². The van der Waals surface area contributed by atoms with Gasteiger partial charge >= 0.3 is 0 Å². The molecule has 3 aromatic rings. The van der Waals surface area contributed by atoms with Gasteiger partial charge in [-0.1, -0.05) is 39.0 Å². The first-order valence-electron chi connectivity index (χ1n) is 12.2. The maximum atomic E-state index is 13.6. The Morgan fingerprint density at radius 2 is 1.78 bits per heavy atom. The van der Waals surface area contributed by atoms with Crippen LogP contribution < -0.4 is 10.5 Å². The average molecular weight is 525 g/mol. The molecule has 1 saturated heterocycles. The molecule has 4 rings (SSSR count). The lowest BCUT2D eigenvalue weighted by atomic mass is 9.87. The van der Waals surface area contributed by atoms with E-state index < -0.39 is 21.5 Å². The topological polar surface area (TPSA) is 123 Å². The van der Waals surface area contributed by atoms with E-state index in [1.165, 1.54) is 17.0 Å². The lowest BCUT2D eigenvalue weighted by Crippen LogP contribution is -2.77. The van der Waals surface area contributed by atoms with Crippen molar-refractivity contribution in [3.8, 4) is 5.75 Å². The van der Waals surface area contributed by atoms with E-state index in [2.05, 4.69) is 4.98 Å². The molecule has 2 heterocycles. The molecule has 0 bridgehead atoms. The number of benzene rings is 2. The number of nitrogens with two attached hydrogens (primary N) is 1. The molecule has 196 valence electrons. The normalized spacial score (nSPS) is 15.1. The van der Waals surface area contributed by atoms with E-state index in [0.29, 0.717) is 12.4 Å². The van der Waals surface area contributed by atoms with Gasteiger partial charge < -0.3 is 15.4 Å². The molecule has 0 atom stereocenters. The lowest BCUT2D eigenvalue weighted by Gasteiger charge is -2.52. The van der Waals surface area contributed by atoms with E-state index in [1.54, 1.807) is 32.9 Å². The summed E-state index contributed by atoms with van der Waals surface area (Å²) in [6, 6.07) is 15.9. The highest BCUT2D eigenvalue weighted by molar-refractivity contribution is 7.89. The number of likely N-dealkylation sites (tertiary alicyclic amines) is 1. The number of ether oxygens (including phenoxy) is 1. The zero-order valence-electron chi connectivity index (χ0n) is 21.5. The SMILES string of the molecule is CCN(C1(C(N)=O)CN(C(=O)C(C)C)C1)S(=O)(=O)c1ccc(OCc2cc(C)nc3ccccc23)cc1. The van der Waals surface area contributed by atoms with E-state index in [4.69, 9.17) is 10.5 Å². The number of hydrogen-bond donors (Lipinski definition) is 1. The Balaban J connectivity index is 1.53. The Morgan fingerprint density at radius 1 is 1.14 bits per heavy atom. The number of rotatable bonds is 9. The Labute approximate surface area is 217 Å². The van der Waals surface area contributed by atoms with Crippen molar-refractivity contribution in [3.63, 3.8) is 0 Å². The summed E-state index contributed by atoms with van der Waals surface area (Å²) >= 11 is 0. The van der Waals surface area contributed by atoms with Gasteiger partial charge in [-0.15, -0.1) is 0 Å². The molecule has 2 aromatic carbocycles. The number of likely N-dealkylation sites (N-methyl/N-ethyl adjacent to an activating group) is 1. The molecule has 0 spiro atoms. The van der Waals surface area contributed by atoms with Gasteiger partial charge in [-0.25, -0.2) is 8.42 Å². The molecule has 1 fully saturated rings. The highest BCUT2D eigenvalue weighted by Gasteiger charge is 2.57. The van der Waals surface area contributed by atoms with Gasteiger partial charge in [0.15, 0.2) is 0 Å². The van der Waals surface area contributed by atoms with Gasteiger partial charge in [-0.05, 0) is 43.3 Å². The zero-order chi connectivity index (χ0) is 27.0. The maximum Gasteiger partial charge on any atom is 0.244 e. The second-order valence-electron chi connectivity index (χ2n) is 9.61. The maximum absolute atomic E-state index is 13.6. The molecule has 1 aromatic heterocycles. The van der Waals surface area contributed by atoms with Crippen molar-refractivity contribution in [2.24, 2.45) is 11.7 Å². The lowest BCUT2D eigenvalue weighted by molar-refractivity contribution is -0.153. The molecule has 10 heteroatoms. The first kappa shape index (κ1) is 26.6. The molecule has 0 radical (unpaired) electrons.